The molecule has 0 aliphatic carbocycles. The third kappa shape index (κ3) is 5.81. The molecule has 0 N–H and O–H groups in total. The van der Waals surface area contributed by atoms with Crippen LogP contribution >= 0.6 is 0 Å². The maximum absolute atomic E-state index is 13.4. The van der Waals surface area contributed by atoms with Crippen LogP contribution in [0.1, 0.15) is 60.3 Å². The molecule has 0 saturated carbocycles. The number of carbonyl (C=O) groups excluding carboxylic acids is 1. The highest BCUT2D eigenvalue weighted by Crippen LogP contribution is 2.39. The van der Waals surface area contributed by atoms with Gasteiger partial charge in [0.25, 0.3) is 5.91 Å². The quantitative estimate of drug-likeness (QED) is 0.509. The number of pyridine rings is 1. The van der Waals surface area contributed by atoms with Crippen LogP contribution in [0.15, 0.2) is 30.6 Å². The van der Waals surface area contributed by atoms with Gasteiger partial charge in [-0.3, -0.25) is 9.78 Å². The second kappa shape index (κ2) is 11.4. The predicted octanol–water partition coefficient (Wildman–Crippen LogP) is 4.41. The summed E-state index contributed by atoms with van der Waals surface area (Å²) in [6.07, 6.45) is 9.45. The second-order valence-corrected chi connectivity index (χ2v) is 9.79. The molecule has 2 aliphatic heterocycles. The number of ether oxygens (including phenoxy) is 3. The van der Waals surface area contributed by atoms with Crippen LogP contribution in [0.2, 0.25) is 0 Å². The van der Waals surface area contributed by atoms with E-state index in [0.29, 0.717) is 5.92 Å². The minimum atomic E-state index is -0.0899. The fourth-order valence-corrected chi connectivity index (χ4v) is 5.52. The van der Waals surface area contributed by atoms with Crippen molar-refractivity contribution in [2.45, 2.75) is 64.5 Å². The van der Waals surface area contributed by atoms with Crippen molar-refractivity contribution in [1.29, 1.82) is 0 Å². The van der Waals surface area contributed by atoms with Crippen LogP contribution in [0.3, 0.4) is 0 Å². The number of carbonyl (C=O) groups is 1. The van der Waals surface area contributed by atoms with E-state index in [2.05, 4.69) is 23.4 Å². The Morgan fingerprint density at radius 3 is 2.71 bits per heavy atom. The predicted molar refractivity (Wildman–Crippen MR) is 131 cm³/mol. The first-order chi connectivity index (χ1) is 16.5. The van der Waals surface area contributed by atoms with Gasteiger partial charge in [-0.2, -0.15) is 0 Å². The molecule has 7 heteroatoms. The van der Waals surface area contributed by atoms with Crippen LogP contribution in [-0.4, -0.2) is 66.0 Å². The molecule has 1 amide bonds. The van der Waals surface area contributed by atoms with Gasteiger partial charge >= 0.3 is 0 Å². The van der Waals surface area contributed by atoms with E-state index in [9.17, 15) is 4.79 Å². The lowest BCUT2D eigenvalue weighted by atomic mass is 9.78. The first kappa shape index (κ1) is 24.7. The first-order valence-corrected chi connectivity index (χ1v) is 12.6. The summed E-state index contributed by atoms with van der Waals surface area (Å²) in [5.74, 6) is 1.63. The van der Waals surface area contributed by atoms with Crippen LogP contribution in [-0.2, 0) is 16.0 Å². The Balaban J connectivity index is 1.29. The highest BCUT2D eigenvalue weighted by Gasteiger charge is 2.41. The van der Waals surface area contributed by atoms with Crippen LogP contribution in [0.25, 0.3) is 0 Å². The third-order valence-electron chi connectivity index (χ3n) is 7.54. The molecule has 1 spiro atoms. The number of methoxy groups -OCH3 is 1. The Hall–Kier alpha value is -2.38. The zero-order chi connectivity index (χ0) is 24.0. The first-order valence-electron chi connectivity index (χ1n) is 12.6. The molecular formula is C27H39N3O4. The van der Waals surface area contributed by atoms with E-state index in [4.69, 9.17) is 14.2 Å². The summed E-state index contributed by atoms with van der Waals surface area (Å²) in [7, 11) is 1.72. The number of rotatable bonds is 9. The van der Waals surface area contributed by atoms with Crippen LogP contribution < -0.4 is 4.74 Å². The molecule has 0 aromatic carbocycles. The summed E-state index contributed by atoms with van der Waals surface area (Å²) >= 11 is 0. The summed E-state index contributed by atoms with van der Waals surface area (Å²) in [6, 6.07) is 5.84. The average molecular weight is 470 g/mol. The number of aromatic nitrogens is 2. The van der Waals surface area contributed by atoms with Gasteiger partial charge in [0.05, 0.1) is 17.8 Å². The van der Waals surface area contributed by atoms with Crippen LogP contribution in [0.5, 0.6) is 5.75 Å². The lowest BCUT2D eigenvalue weighted by Gasteiger charge is -2.46. The second-order valence-electron chi connectivity index (χ2n) is 9.79. The van der Waals surface area contributed by atoms with Crippen molar-refractivity contribution in [2.24, 2.45) is 5.92 Å². The number of likely N-dealkylation sites (tertiary alicyclic amines) is 1. The topological polar surface area (TPSA) is 65.8 Å². The van der Waals surface area contributed by atoms with Crippen LogP contribution in [0, 0.1) is 19.8 Å². The molecule has 186 valence electrons. The maximum Gasteiger partial charge on any atom is 0.255 e. The van der Waals surface area contributed by atoms with E-state index < -0.39 is 0 Å². The van der Waals surface area contributed by atoms with Gasteiger partial charge in [-0.1, -0.05) is 0 Å². The molecule has 2 aliphatic rings. The normalized spacial score (nSPS) is 20.0. The summed E-state index contributed by atoms with van der Waals surface area (Å²) in [5, 5.41) is 0. The van der Waals surface area contributed by atoms with E-state index in [1.165, 1.54) is 0 Å². The third-order valence-corrected chi connectivity index (χ3v) is 7.54. The van der Waals surface area contributed by atoms with Gasteiger partial charge < -0.3 is 23.7 Å². The smallest absolute Gasteiger partial charge is 0.255 e. The number of hydrogen-bond donors (Lipinski definition) is 0. The lowest BCUT2D eigenvalue weighted by molar-refractivity contribution is -0.125. The molecule has 0 radical (unpaired) electrons. The molecular weight excluding hydrogens is 430 g/mol. The van der Waals surface area contributed by atoms with E-state index in [1.54, 1.807) is 19.5 Å². The number of aryl methyl sites for hydroxylation is 1. The standard InChI is InChI=1S/C27H39N3O4/c1-21-19-25(22(2)30(21)13-4-16-32-3)26(31)29-14-9-27(10-15-29)20-23(8-18-34-27)7-17-33-24-5-11-28-12-6-24/h5-6,11-12,19,23H,4,7-10,13-18,20H2,1-3H3. The Kier molecular flexibility index (Phi) is 8.27. The minimum Gasteiger partial charge on any atom is -0.493 e. The number of nitrogens with zero attached hydrogens (tertiary/aromatic N) is 3. The van der Waals surface area contributed by atoms with E-state index in [1.807, 2.05) is 23.1 Å². The maximum atomic E-state index is 13.4. The van der Waals surface area contributed by atoms with Crippen molar-refractivity contribution >= 4 is 5.91 Å². The number of amides is 1. The Morgan fingerprint density at radius 2 is 1.97 bits per heavy atom. The number of piperidine rings is 1. The summed E-state index contributed by atoms with van der Waals surface area (Å²) in [4.78, 5) is 19.4. The SMILES string of the molecule is COCCCn1c(C)cc(C(=O)N2CCC3(CC2)CC(CCOc2ccncc2)CCO3)c1C. The van der Waals surface area contributed by atoms with Gasteiger partial charge in [0, 0.05) is 63.7 Å². The summed E-state index contributed by atoms with van der Waals surface area (Å²) in [5.41, 5.74) is 2.94. The van der Waals surface area contributed by atoms with Crippen molar-refractivity contribution in [3.63, 3.8) is 0 Å². The highest BCUT2D eigenvalue weighted by atomic mass is 16.5. The molecule has 0 bridgehead atoms. The Bertz CT molecular complexity index is 935. The molecule has 4 rings (SSSR count). The van der Waals surface area contributed by atoms with Crippen molar-refractivity contribution < 1.29 is 19.0 Å². The Labute approximate surface area is 203 Å². The molecule has 1 unspecified atom stereocenters. The van der Waals surface area contributed by atoms with E-state index in [0.717, 1.165) is 101 Å². The molecule has 1 atom stereocenters. The van der Waals surface area contributed by atoms with E-state index in [-0.39, 0.29) is 11.5 Å². The number of hydrogen-bond acceptors (Lipinski definition) is 5. The van der Waals surface area contributed by atoms with Crippen molar-refractivity contribution in [3.8, 4) is 5.75 Å². The van der Waals surface area contributed by atoms with Gasteiger partial charge in [-0.25, -0.2) is 0 Å². The molecule has 2 aromatic rings. The zero-order valence-electron chi connectivity index (χ0n) is 20.9. The van der Waals surface area contributed by atoms with Gasteiger partial charge in [-0.05, 0) is 76.5 Å². The lowest BCUT2D eigenvalue weighted by Crippen LogP contribution is -2.51. The minimum absolute atomic E-state index is 0.0899. The zero-order valence-corrected chi connectivity index (χ0v) is 20.9. The van der Waals surface area contributed by atoms with Crippen LogP contribution in [0.4, 0.5) is 0 Å². The Morgan fingerprint density at radius 1 is 1.21 bits per heavy atom. The van der Waals surface area contributed by atoms with Gasteiger partial charge in [0.15, 0.2) is 0 Å². The van der Waals surface area contributed by atoms with Gasteiger partial charge in [0.1, 0.15) is 5.75 Å². The van der Waals surface area contributed by atoms with Crippen molar-refractivity contribution in [3.05, 3.63) is 47.5 Å². The fourth-order valence-electron chi connectivity index (χ4n) is 5.52. The highest BCUT2D eigenvalue weighted by molar-refractivity contribution is 5.95. The molecule has 2 fully saturated rings. The molecule has 7 nitrogen and oxygen atoms in total. The summed E-state index contributed by atoms with van der Waals surface area (Å²) < 4.78 is 19.7. The van der Waals surface area contributed by atoms with Crippen molar-refractivity contribution in [1.82, 2.24) is 14.5 Å². The van der Waals surface area contributed by atoms with Crippen molar-refractivity contribution in [2.75, 3.05) is 40.0 Å². The van der Waals surface area contributed by atoms with Gasteiger partial charge in [-0.15, -0.1) is 0 Å². The molecule has 34 heavy (non-hydrogen) atoms. The monoisotopic (exact) mass is 469 g/mol. The molecule has 2 aromatic heterocycles. The summed E-state index contributed by atoms with van der Waals surface area (Å²) in [6.45, 7) is 8.77. The fraction of sp³-hybridized carbons (Fsp3) is 0.630. The largest absolute Gasteiger partial charge is 0.493 e. The molecule has 2 saturated heterocycles. The van der Waals surface area contributed by atoms with E-state index >= 15 is 0 Å². The van der Waals surface area contributed by atoms with Gasteiger partial charge in [0.2, 0.25) is 0 Å². The average Bonchev–Trinajstić information content (AvgIpc) is 3.13. The molecule has 4 heterocycles.